The molecule has 2 atom stereocenters. The number of likely N-dealkylation sites (tertiary alicyclic amines) is 1. The number of aromatic nitrogens is 2. The Bertz CT molecular complexity index is 1300. The van der Waals surface area contributed by atoms with Crippen molar-refractivity contribution in [1.82, 2.24) is 24.7 Å². The molecule has 1 aromatic carbocycles. The first-order valence-electron chi connectivity index (χ1n) is 11.7. The molecule has 2 aliphatic heterocycles. The Morgan fingerprint density at radius 1 is 1.05 bits per heavy atom. The molecular formula is C23H22F7N5O4. The summed E-state index contributed by atoms with van der Waals surface area (Å²) in [5, 5.41) is 11.1. The molecule has 0 radical (unpaired) electrons. The summed E-state index contributed by atoms with van der Waals surface area (Å²) < 4.78 is 96.3. The van der Waals surface area contributed by atoms with Crippen molar-refractivity contribution >= 4 is 17.9 Å². The van der Waals surface area contributed by atoms with Crippen LogP contribution in [0.1, 0.15) is 40.4 Å². The number of benzene rings is 1. The Balaban J connectivity index is 1.56. The van der Waals surface area contributed by atoms with Crippen LogP contribution in [0.25, 0.3) is 0 Å². The number of nitrogens with zero attached hydrogens (tertiary/aromatic N) is 4. The minimum Gasteiger partial charge on any atom is -0.465 e. The number of carbonyl (C=O) groups excluding carboxylic acids is 2. The molecule has 0 bridgehead atoms. The van der Waals surface area contributed by atoms with Crippen molar-refractivity contribution < 1.29 is 50.2 Å². The molecule has 1 fully saturated rings. The summed E-state index contributed by atoms with van der Waals surface area (Å²) in [4.78, 5) is 42.8. The van der Waals surface area contributed by atoms with Gasteiger partial charge in [0.25, 0.3) is 5.91 Å². The second kappa shape index (κ2) is 10.7. The maximum Gasteiger partial charge on any atom is 0.449 e. The van der Waals surface area contributed by atoms with Crippen LogP contribution in [0, 0.1) is 17.5 Å². The zero-order chi connectivity index (χ0) is 28.6. The van der Waals surface area contributed by atoms with Gasteiger partial charge < -0.3 is 24.8 Å². The van der Waals surface area contributed by atoms with E-state index in [9.17, 15) is 45.1 Å². The smallest absolute Gasteiger partial charge is 0.449 e. The minimum absolute atomic E-state index is 0.0145. The number of halogens is 7. The van der Waals surface area contributed by atoms with Crippen LogP contribution in [0.4, 0.5) is 35.5 Å². The first-order valence-corrected chi connectivity index (χ1v) is 11.7. The van der Waals surface area contributed by atoms with Gasteiger partial charge in [-0.25, -0.2) is 27.3 Å². The third kappa shape index (κ3) is 6.09. The molecule has 0 spiro atoms. The van der Waals surface area contributed by atoms with Crippen LogP contribution in [-0.2, 0) is 30.5 Å². The van der Waals surface area contributed by atoms with E-state index in [1.54, 1.807) is 0 Å². The minimum atomic E-state index is -4.92. The van der Waals surface area contributed by atoms with E-state index in [4.69, 9.17) is 5.11 Å². The molecule has 9 nitrogen and oxygen atoms in total. The third-order valence-corrected chi connectivity index (χ3v) is 6.54. The van der Waals surface area contributed by atoms with Gasteiger partial charge in [-0.05, 0) is 24.5 Å². The summed E-state index contributed by atoms with van der Waals surface area (Å²) in [6.07, 6.45) is -8.96. The van der Waals surface area contributed by atoms with Crippen LogP contribution < -0.4 is 5.32 Å². The van der Waals surface area contributed by atoms with Crippen molar-refractivity contribution in [2.45, 2.75) is 50.7 Å². The van der Waals surface area contributed by atoms with Crippen molar-refractivity contribution in [3.63, 3.8) is 0 Å². The average Bonchev–Trinajstić information content (AvgIpc) is 3.45. The summed E-state index contributed by atoms with van der Waals surface area (Å²) in [7, 11) is 0. The molecule has 3 heterocycles. The standard InChI is InChI=1S/C23H22F7N5O4/c24-12-1-2-34(9-12)20(37)19-17-10-33(3-4-35(17)21(32-19)23(28,29)30)18(36)7-13(31-22(38)39)5-11-6-15(26)16(27)8-14(11)25/h6,8,12-13,31H,1-5,7,9-10H2,(H,38,39)/t12-,13-/m1/s1. The summed E-state index contributed by atoms with van der Waals surface area (Å²) in [5.41, 5.74) is -1.20. The molecule has 212 valence electrons. The second-order valence-corrected chi connectivity index (χ2v) is 9.24. The van der Waals surface area contributed by atoms with E-state index in [1.807, 2.05) is 5.32 Å². The van der Waals surface area contributed by atoms with Crippen LogP contribution in [-0.4, -0.2) is 74.2 Å². The molecule has 2 N–H and O–H groups in total. The number of imidazole rings is 1. The monoisotopic (exact) mass is 565 g/mol. The van der Waals surface area contributed by atoms with E-state index >= 15 is 0 Å². The zero-order valence-electron chi connectivity index (χ0n) is 20.1. The summed E-state index contributed by atoms with van der Waals surface area (Å²) in [6.45, 7) is -1.46. The fourth-order valence-corrected chi connectivity index (χ4v) is 4.69. The molecule has 0 saturated carbocycles. The lowest BCUT2D eigenvalue weighted by atomic mass is 10.0. The molecule has 0 aliphatic carbocycles. The molecule has 3 amide bonds. The van der Waals surface area contributed by atoms with Gasteiger partial charge in [0.15, 0.2) is 17.3 Å². The van der Waals surface area contributed by atoms with Crippen LogP contribution in [0.15, 0.2) is 12.1 Å². The lowest BCUT2D eigenvalue weighted by molar-refractivity contribution is -0.148. The summed E-state index contributed by atoms with van der Waals surface area (Å²) in [5.74, 6) is -7.03. The number of hydrogen-bond acceptors (Lipinski definition) is 4. The SMILES string of the molecule is O=C(O)N[C@@H](CC(=O)N1CCn2c(C(F)(F)F)nc(C(=O)N3CC[C@@H](F)C3)c2C1)Cc1cc(F)c(F)cc1F. The van der Waals surface area contributed by atoms with Gasteiger partial charge in [-0.3, -0.25) is 9.59 Å². The zero-order valence-corrected chi connectivity index (χ0v) is 20.1. The molecule has 2 aliphatic rings. The van der Waals surface area contributed by atoms with Gasteiger partial charge in [0, 0.05) is 38.2 Å². The first kappa shape index (κ1) is 28.2. The van der Waals surface area contributed by atoms with E-state index in [0.29, 0.717) is 6.07 Å². The third-order valence-electron chi connectivity index (χ3n) is 6.54. The molecule has 2 aromatic rings. The van der Waals surface area contributed by atoms with Gasteiger partial charge in [0.2, 0.25) is 11.7 Å². The lowest BCUT2D eigenvalue weighted by Gasteiger charge is -2.31. The predicted octanol–water partition coefficient (Wildman–Crippen LogP) is 3.11. The quantitative estimate of drug-likeness (QED) is 0.414. The number of carboxylic acid groups (broad SMARTS) is 1. The number of alkyl halides is 4. The van der Waals surface area contributed by atoms with Crippen molar-refractivity contribution in [3.8, 4) is 0 Å². The number of nitrogens with one attached hydrogen (secondary N) is 1. The van der Waals surface area contributed by atoms with Crippen molar-refractivity contribution in [2.75, 3.05) is 19.6 Å². The number of carbonyl (C=O) groups is 3. The molecular weight excluding hydrogens is 543 g/mol. The molecule has 1 saturated heterocycles. The first-order chi connectivity index (χ1) is 18.2. The van der Waals surface area contributed by atoms with Crippen LogP contribution >= 0.6 is 0 Å². The number of hydrogen-bond donors (Lipinski definition) is 2. The van der Waals surface area contributed by atoms with Gasteiger partial charge in [0.1, 0.15) is 12.0 Å². The van der Waals surface area contributed by atoms with E-state index in [1.165, 1.54) is 0 Å². The van der Waals surface area contributed by atoms with E-state index in [2.05, 4.69) is 4.98 Å². The number of fused-ring (bicyclic) bond motifs is 1. The van der Waals surface area contributed by atoms with Crippen LogP contribution in [0.3, 0.4) is 0 Å². The lowest BCUT2D eigenvalue weighted by Crippen LogP contribution is -2.44. The Labute approximate surface area is 216 Å². The second-order valence-electron chi connectivity index (χ2n) is 9.24. The van der Waals surface area contributed by atoms with E-state index in [-0.39, 0.29) is 37.8 Å². The van der Waals surface area contributed by atoms with Gasteiger partial charge >= 0.3 is 12.3 Å². The predicted molar refractivity (Wildman–Crippen MR) is 118 cm³/mol. The molecule has 16 heteroatoms. The average molecular weight is 565 g/mol. The molecule has 1 aromatic heterocycles. The molecule has 4 rings (SSSR count). The highest BCUT2D eigenvalue weighted by atomic mass is 19.4. The van der Waals surface area contributed by atoms with E-state index < -0.39 is 96.8 Å². The fourth-order valence-electron chi connectivity index (χ4n) is 4.69. The number of amides is 3. The Kier molecular flexibility index (Phi) is 7.75. The molecule has 39 heavy (non-hydrogen) atoms. The van der Waals surface area contributed by atoms with Crippen LogP contribution in [0.5, 0.6) is 0 Å². The van der Waals surface area contributed by atoms with Crippen molar-refractivity contribution in [1.29, 1.82) is 0 Å². The van der Waals surface area contributed by atoms with Crippen molar-refractivity contribution in [3.05, 3.63) is 52.4 Å². The largest absolute Gasteiger partial charge is 0.465 e. The molecule has 0 unspecified atom stereocenters. The highest BCUT2D eigenvalue weighted by Gasteiger charge is 2.43. The highest BCUT2D eigenvalue weighted by Crippen LogP contribution is 2.33. The Hall–Kier alpha value is -3.85. The highest BCUT2D eigenvalue weighted by molar-refractivity contribution is 5.94. The van der Waals surface area contributed by atoms with Gasteiger partial charge in [0.05, 0.1) is 18.8 Å². The summed E-state index contributed by atoms with van der Waals surface area (Å²) in [6, 6.07) is -0.500. The van der Waals surface area contributed by atoms with E-state index in [0.717, 1.165) is 14.4 Å². The van der Waals surface area contributed by atoms with Crippen LogP contribution in [0.2, 0.25) is 0 Å². The summed E-state index contributed by atoms with van der Waals surface area (Å²) >= 11 is 0. The van der Waals surface area contributed by atoms with Gasteiger partial charge in [-0.15, -0.1) is 0 Å². The fraction of sp³-hybridized carbons (Fsp3) is 0.478. The maximum atomic E-state index is 14.1. The maximum absolute atomic E-state index is 14.1. The van der Waals surface area contributed by atoms with Crippen molar-refractivity contribution in [2.24, 2.45) is 0 Å². The Morgan fingerprint density at radius 3 is 2.36 bits per heavy atom. The topological polar surface area (TPSA) is 108 Å². The normalized spacial score (nSPS) is 18.2. The number of rotatable bonds is 6. The van der Waals surface area contributed by atoms with Gasteiger partial charge in [-0.2, -0.15) is 13.2 Å². The van der Waals surface area contributed by atoms with Gasteiger partial charge in [-0.1, -0.05) is 0 Å². The Morgan fingerprint density at radius 2 is 1.74 bits per heavy atom.